The zero-order chi connectivity index (χ0) is 25.7. The van der Waals surface area contributed by atoms with Gasteiger partial charge < -0.3 is 14.9 Å². The highest BCUT2D eigenvalue weighted by atomic mass is 32.1. The van der Waals surface area contributed by atoms with Crippen LogP contribution < -0.4 is 0 Å². The van der Waals surface area contributed by atoms with Crippen LogP contribution in [0.2, 0.25) is 0 Å². The number of ketones is 1. The number of aliphatic hydroxyl groups excluding tert-OH is 2. The van der Waals surface area contributed by atoms with Crippen molar-refractivity contribution in [2.45, 2.75) is 98.9 Å². The molecule has 0 radical (unpaired) electrons. The van der Waals surface area contributed by atoms with E-state index in [1.165, 1.54) is 0 Å². The highest BCUT2D eigenvalue weighted by Crippen LogP contribution is 2.37. The summed E-state index contributed by atoms with van der Waals surface area (Å²) >= 11 is 1.56. The molecule has 2 rings (SSSR count). The number of allylic oxidation sites excluding steroid dienone is 1. The van der Waals surface area contributed by atoms with Gasteiger partial charge in [0, 0.05) is 17.7 Å². The van der Waals surface area contributed by atoms with Gasteiger partial charge in [0.1, 0.15) is 11.9 Å². The number of rotatable bonds is 2. The van der Waals surface area contributed by atoms with Crippen molar-refractivity contribution in [1.82, 2.24) is 4.98 Å². The lowest BCUT2D eigenvalue weighted by Crippen LogP contribution is -2.47. The summed E-state index contributed by atoms with van der Waals surface area (Å²) in [6, 6.07) is 0. The Hall–Kier alpha value is -1.83. The van der Waals surface area contributed by atoms with Crippen LogP contribution in [0.4, 0.5) is 0 Å². The van der Waals surface area contributed by atoms with E-state index in [1.54, 1.807) is 32.1 Å². The van der Waals surface area contributed by atoms with Crippen molar-refractivity contribution in [2.24, 2.45) is 16.7 Å². The summed E-state index contributed by atoms with van der Waals surface area (Å²) in [5.74, 6) is -1.49. The fourth-order valence-electron chi connectivity index (χ4n) is 4.45. The van der Waals surface area contributed by atoms with Gasteiger partial charge in [-0.1, -0.05) is 46.8 Å². The SMILES string of the molecule is C/C(=C\c1csc(C)n1)[C@H]1C/C=C\CCCC(C)(C)[C@H](O)[C@H](C)C(=O)C(C)(C)[C@H](O)CC(=O)O1. The Morgan fingerprint density at radius 2 is 1.88 bits per heavy atom. The van der Waals surface area contributed by atoms with Crippen LogP contribution in [0, 0.1) is 23.7 Å². The number of hydrogen-bond acceptors (Lipinski definition) is 7. The van der Waals surface area contributed by atoms with Crippen molar-refractivity contribution in [3.8, 4) is 0 Å². The molecule has 0 fully saturated rings. The number of cyclic esters (lactones) is 1. The molecule has 0 bridgehead atoms. The summed E-state index contributed by atoms with van der Waals surface area (Å²) in [4.78, 5) is 30.5. The van der Waals surface area contributed by atoms with Crippen molar-refractivity contribution in [3.63, 3.8) is 0 Å². The van der Waals surface area contributed by atoms with E-state index < -0.39 is 41.0 Å². The molecule has 7 heteroatoms. The summed E-state index contributed by atoms with van der Waals surface area (Å²) in [5, 5.41) is 24.7. The third-order valence-corrected chi connectivity index (χ3v) is 7.81. The van der Waals surface area contributed by atoms with E-state index >= 15 is 0 Å². The van der Waals surface area contributed by atoms with E-state index in [1.807, 2.05) is 45.2 Å². The molecule has 190 valence electrons. The first kappa shape index (κ1) is 28.4. The minimum Gasteiger partial charge on any atom is -0.457 e. The standard InChI is InChI=1S/C27H41NO5S/c1-17(14-20-16-34-19(3)28-20)21-12-10-8-9-11-13-26(4,5)24(31)18(2)25(32)27(6,7)22(29)15-23(30)33-21/h8,10,14,16,18,21-22,24,29,31H,9,11-13,15H2,1-7H3/b10-8-,17-14+/t18-,21+,22+,24+/m0/s1. The average Bonchev–Trinajstić information content (AvgIpc) is 3.17. The number of aliphatic hydroxyl groups is 2. The second-order valence-electron chi connectivity index (χ2n) is 10.8. The zero-order valence-corrected chi connectivity index (χ0v) is 22.4. The van der Waals surface area contributed by atoms with Gasteiger partial charge in [0.2, 0.25) is 0 Å². The molecule has 1 aromatic heterocycles. The number of hydrogen-bond donors (Lipinski definition) is 2. The van der Waals surface area contributed by atoms with Crippen molar-refractivity contribution in [2.75, 3.05) is 0 Å². The molecule has 34 heavy (non-hydrogen) atoms. The number of carbonyl (C=O) groups excluding carboxylic acids is 2. The van der Waals surface area contributed by atoms with Crippen LogP contribution in [-0.2, 0) is 14.3 Å². The Labute approximate surface area is 208 Å². The van der Waals surface area contributed by atoms with Crippen molar-refractivity contribution in [3.05, 3.63) is 33.8 Å². The second kappa shape index (κ2) is 11.7. The normalized spacial score (nSPS) is 30.6. The molecule has 2 N–H and O–H groups in total. The number of aromatic nitrogens is 1. The van der Waals surface area contributed by atoms with E-state index in [2.05, 4.69) is 11.1 Å². The Balaban J connectivity index is 2.31. The van der Waals surface area contributed by atoms with Gasteiger partial charge in [-0.05, 0) is 50.2 Å². The second-order valence-corrected chi connectivity index (χ2v) is 11.8. The highest BCUT2D eigenvalue weighted by molar-refractivity contribution is 7.09. The molecule has 0 aromatic carbocycles. The molecule has 1 aliphatic heterocycles. The van der Waals surface area contributed by atoms with Crippen LogP contribution in [-0.4, -0.2) is 45.3 Å². The van der Waals surface area contributed by atoms with E-state index in [4.69, 9.17) is 4.74 Å². The fourth-order valence-corrected chi connectivity index (χ4v) is 5.02. The molecule has 1 aliphatic rings. The average molecular weight is 492 g/mol. The smallest absolute Gasteiger partial charge is 0.309 e. The van der Waals surface area contributed by atoms with Crippen molar-refractivity contribution in [1.29, 1.82) is 0 Å². The van der Waals surface area contributed by atoms with Gasteiger partial charge in [-0.3, -0.25) is 9.59 Å². The third kappa shape index (κ3) is 7.33. The molecule has 0 unspecified atom stereocenters. The fraction of sp³-hybridized carbons (Fsp3) is 0.667. The van der Waals surface area contributed by atoms with Crippen LogP contribution >= 0.6 is 11.3 Å². The monoisotopic (exact) mass is 491 g/mol. The van der Waals surface area contributed by atoms with E-state index in [-0.39, 0.29) is 12.2 Å². The lowest BCUT2D eigenvalue weighted by molar-refractivity contribution is -0.154. The third-order valence-electron chi connectivity index (χ3n) is 7.02. The molecule has 0 saturated carbocycles. The number of carbonyl (C=O) groups is 2. The van der Waals surface area contributed by atoms with Gasteiger partial charge in [-0.2, -0.15) is 0 Å². The highest BCUT2D eigenvalue weighted by Gasteiger charge is 2.44. The predicted octanol–water partition coefficient (Wildman–Crippen LogP) is 5.27. The van der Waals surface area contributed by atoms with E-state index in [9.17, 15) is 19.8 Å². The van der Waals surface area contributed by atoms with E-state index in [0.29, 0.717) is 6.42 Å². The van der Waals surface area contributed by atoms with E-state index in [0.717, 1.165) is 35.5 Å². The Kier molecular flexibility index (Phi) is 9.80. The summed E-state index contributed by atoms with van der Waals surface area (Å²) < 4.78 is 5.77. The number of thiazole rings is 1. The number of nitrogens with zero attached hydrogens (tertiary/aromatic N) is 1. The van der Waals surface area contributed by atoms with Gasteiger partial charge in [-0.25, -0.2) is 4.98 Å². The van der Waals surface area contributed by atoms with Gasteiger partial charge in [0.25, 0.3) is 0 Å². The first-order chi connectivity index (χ1) is 15.8. The molecule has 0 amide bonds. The summed E-state index contributed by atoms with van der Waals surface area (Å²) in [6.45, 7) is 12.8. The molecule has 0 spiro atoms. The van der Waals surface area contributed by atoms with Crippen molar-refractivity contribution >= 4 is 29.2 Å². The van der Waals surface area contributed by atoms with Crippen LogP contribution in [0.25, 0.3) is 6.08 Å². The molecule has 0 aliphatic carbocycles. The summed E-state index contributed by atoms with van der Waals surface area (Å²) in [7, 11) is 0. The predicted molar refractivity (Wildman–Crippen MR) is 136 cm³/mol. The Bertz CT molecular complexity index is 914. The Morgan fingerprint density at radius 1 is 1.21 bits per heavy atom. The molecule has 0 saturated heterocycles. The maximum atomic E-state index is 13.3. The molecule has 4 atom stereocenters. The van der Waals surface area contributed by atoms with Crippen LogP contribution in [0.1, 0.15) is 84.3 Å². The van der Waals surface area contributed by atoms with Gasteiger partial charge in [0.05, 0.1) is 34.7 Å². The molecular formula is C27H41NO5S. The van der Waals surface area contributed by atoms with Crippen molar-refractivity contribution < 1.29 is 24.5 Å². The number of esters is 1. The van der Waals surface area contributed by atoms with Gasteiger partial charge in [-0.15, -0.1) is 11.3 Å². The van der Waals surface area contributed by atoms with Gasteiger partial charge in [0.15, 0.2) is 0 Å². The van der Waals surface area contributed by atoms with Gasteiger partial charge >= 0.3 is 5.97 Å². The summed E-state index contributed by atoms with van der Waals surface area (Å²) in [6.07, 6.45) is 6.13. The lowest BCUT2D eigenvalue weighted by Gasteiger charge is -2.38. The zero-order valence-electron chi connectivity index (χ0n) is 21.6. The first-order valence-corrected chi connectivity index (χ1v) is 13.0. The molecule has 6 nitrogen and oxygen atoms in total. The van der Waals surface area contributed by atoms with Crippen LogP contribution in [0.15, 0.2) is 23.1 Å². The minimum absolute atomic E-state index is 0.258. The maximum absolute atomic E-state index is 13.3. The first-order valence-electron chi connectivity index (χ1n) is 12.1. The van der Waals surface area contributed by atoms with Crippen LogP contribution in [0.5, 0.6) is 0 Å². The quantitative estimate of drug-likeness (QED) is 0.432. The molecular weight excluding hydrogens is 450 g/mol. The topological polar surface area (TPSA) is 96.7 Å². The number of Topliss-reactive ketones (excluding diaryl/α,β-unsaturated/α-hetero) is 1. The Morgan fingerprint density at radius 3 is 2.50 bits per heavy atom. The van der Waals surface area contributed by atoms with Crippen LogP contribution in [0.3, 0.4) is 0 Å². The number of ether oxygens (including phenoxy) is 1. The lowest BCUT2D eigenvalue weighted by atomic mass is 9.69. The largest absolute Gasteiger partial charge is 0.457 e. The maximum Gasteiger partial charge on any atom is 0.309 e. The number of aryl methyl sites for hydroxylation is 1. The summed E-state index contributed by atoms with van der Waals surface area (Å²) in [5.41, 5.74) is 0.0409. The molecule has 2 heterocycles. The molecule has 1 aromatic rings. The minimum atomic E-state index is -1.22.